The van der Waals surface area contributed by atoms with Crippen LogP contribution in [0, 0.1) is 39.9 Å². The topological polar surface area (TPSA) is 114 Å². The van der Waals surface area contributed by atoms with Crippen LogP contribution in [0.1, 0.15) is 20.3 Å². The lowest BCUT2D eigenvalue weighted by Crippen LogP contribution is -2.59. The van der Waals surface area contributed by atoms with Gasteiger partial charge in [-0.05, 0) is 24.6 Å². The maximum Gasteiger partial charge on any atom is 0.247 e. The normalized spacial score (nSPS) is 25.3. The SMILES string of the molecule is CCC1(C)C(C#N)C(=O)N(CC(=O)Nc2cccc(Cl)c2)C(=O)C1C#N. The molecule has 1 fully saturated rings. The van der Waals surface area contributed by atoms with Crippen molar-refractivity contribution in [2.24, 2.45) is 17.3 Å². The van der Waals surface area contributed by atoms with Crippen molar-refractivity contribution in [3.05, 3.63) is 29.3 Å². The van der Waals surface area contributed by atoms with Crippen molar-refractivity contribution in [2.45, 2.75) is 20.3 Å². The summed E-state index contributed by atoms with van der Waals surface area (Å²) in [5, 5.41) is 21.8. The number of hydrogen-bond donors (Lipinski definition) is 1. The van der Waals surface area contributed by atoms with Gasteiger partial charge in [0.2, 0.25) is 17.7 Å². The van der Waals surface area contributed by atoms with Crippen molar-refractivity contribution in [1.29, 1.82) is 10.5 Å². The summed E-state index contributed by atoms with van der Waals surface area (Å²) in [5.41, 5.74) is -0.677. The van der Waals surface area contributed by atoms with Crippen LogP contribution in [0.5, 0.6) is 0 Å². The smallest absolute Gasteiger partial charge is 0.247 e. The van der Waals surface area contributed by atoms with Gasteiger partial charge in [-0.1, -0.05) is 31.5 Å². The highest BCUT2D eigenvalue weighted by molar-refractivity contribution is 6.30. The van der Waals surface area contributed by atoms with Crippen molar-refractivity contribution in [2.75, 3.05) is 11.9 Å². The Labute approximate surface area is 156 Å². The molecule has 26 heavy (non-hydrogen) atoms. The van der Waals surface area contributed by atoms with Crippen LogP contribution in [-0.2, 0) is 14.4 Å². The number of carbonyl (C=O) groups excluding carboxylic acids is 3. The quantitative estimate of drug-likeness (QED) is 0.814. The average Bonchev–Trinajstić information content (AvgIpc) is 2.59. The van der Waals surface area contributed by atoms with Crippen LogP contribution in [0.4, 0.5) is 5.69 Å². The first kappa shape index (κ1) is 19.4. The van der Waals surface area contributed by atoms with Crippen molar-refractivity contribution in [3.63, 3.8) is 0 Å². The zero-order chi connectivity index (χ0) is 19.5. The lowest BCUT2D eigenvalue weighted by molar-refractivity contribution is -0.162. The number of nitrogens with one attached hydrogen (secondary N) is 1. The summed E-state index contributed by atoms with van der Waals surface area (Å²) in [6.45, 7) is 2.73. The first-order valence-corrected chi connectivity index (χ1v) is 8.36. The minimum Gasteiger partial charge on any atom is -0.324 e. The van der Waals surface area contributed by atoms with Crippen LogP contribution in [0.2, 0.25) is 5.02 Å². The van der Waals surface area contributed by atoms with Crippen LogP contribution in [0.15, 0.2) is 24.3 Å². The Morgan fingerprint density at radius 2 is 1.85 bits per heavy atom. The summed E-state index contributed by atoms with van der Waals surface area (Å²) in [5.74, 6) is -4.48. The van der Waals surface area contributed by atoms with Gasteiger partial charge in [0.1, 0.15) is 18.4 Å². The van der Waals surface area contributed by atoms with E-state index in [1.165, 1.54) is 6.07 Å². The van der Waals surface area contributed by atoms with E-state index >= 15 is 0 Å². The third-order valence-corrected chi connectivity index (χ3v) is 5.01. The Balaban J connectivity index is 2.25. The fraction of sp³-hybridized carbons (Fsp3) is 0.389. The largest absolute Gasteiger partial charge is 0.324 e. The standard InChI is InChI=1S/C18H17ClN4O3/c1-3-18(2)13(8-20)16(25)23(17(26)14(18)9-21)10-15(24)22-12-6-4-5-11(19)7-12/h4-7,13-14H,3,10H2,1-2H3,(H,22,24). The van der Waals surface area contributed by atoms with Crippen LogP contribution < -0.4 is 5.32 Å². The number of anilines is 1. The minimum atomic E-state index is -1.17. The molecule has 1 saturated heterocycles. The fourth-order valence-electron chi connectivity index (χ4n) is 3.03. The van der Waals surface area contributed by atoms with E-state index in [0.717, 1.165) is 0 Å². The molecule has 134 valence electrons. The molecular weight excluding hydrogens is 356 g/mol. The molecule has 0 saturated carbocycles. The van der Waals surface area contributed by atoms with Gasteiger partial charge in [-0.3, -0.25) is 19.3 Å². The van der Waals surface area contributed by atoms with Gasteiger partial charge in [-0.25, -0.2) is 0 Å². The molecule has 1 N–H and O–H groups in total. The molecule has 2 atom stereocenters. The van der Waals surface area contributed by atoms with E-state index in [0.29, 0.717) is 22.0 Å². The predicted octanol–water partition coefficient (Wildman–Crippen LogP) is 2.34. The van der Waals surface area contributed by atoms with Gasteiger partial charge in [0.15, 0.2) is 0 Å². The molecular formula is C18H17ClN4O3. The Bertz CT molecular complexity index is 806. The van der Waals surface area contributed by atoms with E-state index in [1.807, 2.05) is 12.1 Å². The molecule has 0 spiro atoms. The first-order valence-electron chi connectivity index (χ1n) is 7.98. The van der Waals surface area contributed by atoms with E-state index in [1.54, 1.807) is 32.0 Å². The minimum absolute atomic E-state index is 0.309. The van der Waals surface area contributed by atoms with Crippen LogP contribution in [-0.4, -0.2) is 29.2 Å². The predicted molar refractivity (Wildman–Crippen MR) is 93.4 cm³/mol. The summed E-state index contributed by atoms with van der Waals surface area (Å²) in [7, 11) is 0. The lowest BCUT2D eigenvalue weighted by Gasteiger charge is -2.43. The van der Waals surface area contributed by atoms with Crippen LogP contribution in [0.3, 0.4) is 0 Å². The Morgan fingerprint density at radius 1 is 1.27 bits per heavy atom. The number of hydrogen-bond acceptors (Lipinski definition) is 5. The molecule has 1 heterocycles. The number of amides is 3. The number of halogens is 1. The van der Waals surface area contributed by atoms with Crippen LogP contribution >= 0.6 is 11.6 Å². The number of carbonyl (C=O) groups is 3. The zero-order valence-corrected chi connectivity index (χ0v) is 15.1. The molecule has 8 heteroatoms. The molecule has 1 aliphatic heterocycles. The van der Waals surface area contributed by atoms with Gasteiger partial charge in [0, 0.05) is 16.1 Å². The average molecular weight is 373 g/mol. The molecule has 7 nitrogen and oxygen atoms in total. The van der Waals surface area contributed by atoms with Gasteiger partial charge in [0.25, 0.3) is 0 Å². The number of benzene rings is 1. The van der Waals surface area contributed by atoms with E-state index in [9.17, 15) is 24.9 Å². The van der Waals surface area contributed by atoms with E-state index < -0.39 is 41.5 Å². The molecule has 0 bridgehead atoms. The Hall–Kier alpha value is -2.90. The van der Waals surface area contributed by atoms with Gasteiger partial charge in [-0.15, -0.1) is 0 Å². The second kappa shape index (κ2) is 7.55. The molecule has 2 unspecified atom stereocenters. The fourth-order valence-corrected chi connectivity index (χ4v) is 3.22. The van der Waals surface area contributed by atoms with Crippen molar-refractivity contribution in [1.82, 2.24) is 4.90 Å². The molecule has 1 aromatic carbocycles. The molecule has 1 aliphatic rings. The van der Waals surface area contributed by atoms with Crippen LogP contribution in [0.25, 0.3) is 0 Å². The van der Waals surface area contributed by atoms with Gasteiger partial charge >= 0.3 is 0 Å². The highest BCUT2D eigenvalue weighted by atomic mass is 35.5. The second-order valence-electron chi connectivity index (χ2n) is 6.30. The number of likely N-dealkylation sites (tertiary alicyclic amines) is 1. The first-order chi connectivity index (χ1) is 12.3. The van der Waals surface area contributed by atoms with Gasteiger partial charge in [-0.2, -0.15) is 10.5 Å². The van der Waals surface area contributed by atoms with Gasteiger partial charge < -0.3 is 5.32 Å². The molecule has 0 aliphatic carbocycles. The van der Waals surface area contributed by atoms with E-state index in [2.05, 4.69) is 5.32 Å². The molecule has 0 radical (unpaired) electrons. The third kappa shape index (κ3) is 3.40. The maximum atomic E-state index is 12.6. The summed E-state index contributed by atoms with van der Waals surface area (Å²) in [4.78, 5) is 38.2. The second-order valence-corrected chi connectivity index (χ2v) is 6.74. The van der Waals surface area contributed by atoms with Crippen molar-refractivity contribution >= 4 is 35.0 Å². The Kier molecular flexibility index (Phi) is 5.64. The van der Waals surface area contributed by atoms with Crippen molar-refractivity contribution < 1.29 is 14.4 Å². The number of nitrogens with zero attached hydrogens (tertiary/aromatic N) is 3. The Morgan fingerprint density at radius 3 is 2.31 bits per heavy atom. The number of piperidine rings is 1. The summed E-state index contributed by atoms with van der Waals surface area (Å²) in [6.07, 6.45) is 0.309. The number of rotatable bonds is 4. The summed E-state index contributed by atoms with van der Waals surface area (Å²) in [6, 6.07) is 10.2. The molecule has 0 aromatic heterocycles. The van der Waals surface area contributed by atoms with Crippen molar-refractivity contribution in [3.8, 4) is 12.1 Å². The zero-order valence-electron chi connectivity index (χ0n) is 14.3. The monoisotopic (exact) mass is 372 g/mol. The molecule has 2 rings (SSSR count). The van der Waals surface area contributed by atoms with E-state index in [4.69, 9.17) is 11.6 Å². The number of nitriles is 2. The maximum absolute atomic E-state index is 12.6. The lowest BCUT2D eigenvalue weighted by atomic mass is 9.63. The highest BCUT2D eigenvalue weighted by Gasteiger charge is 2.56. The third-order valence-electron chi connectivity index (χ3n) is 4.77. The highest BCUT2D eigenvalue weighted by Crippen LogP contribution is 2.44. The summed E-state index contributed by atoms with van der Waals surface area (Å²) < 4.78 is 0. The summed E-state index contributed by atoms with van der Waals surface area (Å²) >= 11 is 5.85. The number of imide groups is 1. The molecule has 3 amide bonds. The molecule has 1 aromatic rings. The van der Waals surface area contributed by atoms with E-state index in [-0.39, 0.29) is 0 Å². The van der Waals surface area contributed by atoms with Gasteiger partial charge in [0.05, 0.1) is 12.1 Å².